The maximum atomic E-state index is 15.1. The van der Waals surface area contributed by atoms with E-state index in [0.717, 1.165) is 10.6 Å². The third kappa shape index (κ3) is 5.43. The number of carbonyl (C=O) groups excluding carboxylic acids is 1. The fourth-order valence-electron chi connectivity index (χ4n) is 6.71. The number of anilines is 1. The molecule has 51 heavy (non-hydrogen) atoms. The number of fused-ring (bicyclic) bond motifs is 6. The van der Waals surface area contributed by atoms with Crippen LogP contribution in [-0.2, 0) is 16.6 Å². The minimum atomic E-state index is -3.83. The molecule has 0 bridgehead atoms. The zero-order valence-electron chi connectivity index (χ0n) is 27.3. The van der Waals surface area contributed by atoms with Crippen molar-refractivity contribution in [2.75, 3.05) is 37.7 Å². The van der Waals surface area contributed by atoms with Gasteiger partial charge in [0.05, 0.1) is 65.6 Å². The van der Waals surface area contributed by atoms with Crippen molar-refractivity contribution in [2.45, 2.75) is 12.5 Å². The number of hydrogen-bond acceptors (Lipinski definition) is 7. The van der Waals surface area contributed by atoms with Crippen LogP contribution in [0.15, 0.2) is 77.3 Å². The number of carbonyl (C=O) groups is 1. The van der Waals surface area contributed by atoms with Crippen molar-refractivity contribution in [3.8, 4) is 22.6 Å². The van der Waals surface area contributed by atoms with Crippen LogP contribution < -0.4 is 9.62 Å². The number of rotatable bonds is 7. The van der Waals surface area contributed by atoms with Crippen LogP contribution in [0.4, 0.5) is 23.2 Å². The van der Waals surface area contributed by atoms with E-state index in [2.05, 4.69) is 10.3 Å². The Morgan fingerprint density at radius 3 is 2.43 bits per heavy atom. The Hall–Kier alpha value is -5.54. The predicted molar refractivity (Wildman–Crippen MR) is 185 cm³/mol. The molecule has 0 saturated carbocycles. The molecule has 260 valence electrons. The van der Waals surface area contributed by atoms with Crippen molar-refractivity contribution < 1.29 is 35.2 Å². The maximum Gasteiger partial charge on any atom is 0.272 e. The highest BCUT2D eigenvalue weighted by Gasteiger charge is 2.44. The number of amides is 1. The van der Waals surface area contributed by atoms with Gasteiger partial charge in [-0.05, 0) is 54.6 Å². The Kier molecular flexibility index (Phi) is 7.36. The molecule has 1 saturated heterocycles. The molecule has 5 heterocycles. The number of nitrogens with one attached hydrogen (secondary N) is 1. The average molecular weight is 717 g/mol. The molecule has 3 aromatic carbocycles. The van der Waals surface area contributed by atoms with Gasteiger partial charge in [-0.1, -0.05) is 6.07 Å². The first-order valence-corrected chi connectivity index (χ1v) is 17.6. The van der Waals surface area contributed by atoms with E-state index >= 15 is 4.39 Å². The SMILES string of the molecule is CNC(=O)c1c(-c2ccc(F)cc2)oc2cc(N(C)S(C)(=O)=O)c(-c3cc4c(cn3)nc(CN3CC(F)(F)C3)n3c5cccc(F)c5cc43)cc12. The van der Waals surface area contributed by atoms with Gasteiger partial charge in [-0.2, -0.15) is 0 Å². The molecule has 0 spiro atoms. The first-order valence-electron chi connectivity index (χ1n) is 15.7. The largest absolute Gasteiger partial charge is 0.455 e. The Balaban J connectivity index is 1.39. The highest BCUT2D eigenvalue weighted by Crippen LogP contribution is 2.42. The van der Waals surface area contributed by atoms with Gasteiger partial charge >= 0.3 is 0 Å². The summed E-state index contributed by atoms with van der Waals surface area (Å²) in [5.41, 5.74) is 3.02. The number of benzene rings is 3. The zero-order chi connectivity index (χ0) is 36.0. The average Bonchev–Trinajstić information content (AvgIpc) is 3.66. The molecule has 1 aliphatic rings. The standard InChI is InChI=1S/C36H28F4N6O4S/c1-41-35(47)33-24-11-22(29(44(2)51(3,48)49)14-31(24)50-34(33)19-7-9-20(37)10-8-19)26-12-23-27(15-42-26)43-32(16-45-17-36(39,40)18-45)46-28-6-4-5-25(38)21(28)13-30(23)46/h4-15H,16-18H2,1-3H3,(H,41,47). The molecule has 10 nitrogen and oxygen atoms in total. The molecule has 0 atom stereocenters. The molecular weight excluding hydrogens is 688 g/mol. The second-order valence-corrected chi connectivity index (χ2v) is 14.7. The van der Waals surface area contributed by atoms with E-state index in [4.69, 9.17) is 9.40 Å². The fraction of sp³-hybridized carbons (Fsp3) is 0.194. The molecule has 0 aliphatic carbocycles. The number of furan rings is 1. The summed E-state index contributed by atoms with van der Waals surface area (Å²) >= 11 is 0. The van der Waals surface area contributed by atoms with Crippen molar-refractivity contribution in [3.05, 3.63) is 95.9 Å². The van der Waals surface area contributed by atoms with Gasteiger partial charge in [0.2, 0.25) is 10.0 Å². The smallest absolute Gasteiger partial charge is 0.272 e. The zero-order valence-corrected chi connectivity index (χ0v) is 28.2. The Morgan fingerprint density at radius 1 is 1.00 bits per heavy atom. The van der Waals surface area contributed by atoms with Gasteiger partial charge in [0.15, 0.2) is 0 Å². The molecule has 0 unspecified atom stereocenters. The third-order valence-corrected chi connectivity index (χ3v) is 10.4. The normalized spacial score (nSPS) is 14.8. The minimum Gasteiger partial charge on any atom is -0.455 e. The summed E-state index contributed by atoms with van der Waals surface area (Å²) in [6.07, 6.45) is 2.53. The van der Waals surface area contributed by atoms with E-state index in [1.165, 1.54) is 56.7 Å². The highest BCUT2D eigenvalue weighted by atomic mass is 32.2. The number of alkyl halides is 2. The summed E-state index contributed by atoms with van der Waals surface area (Å²) in [4.78, 5) is 24.3. The van der Waals surface area contributed by atoms with Gasteiger partial charge in [0.25, 0.3) is 11.8 Å². The lowest BCUT2D eigenvalue weighted by Gasteiger charge is -2.38. The number of nitrogens with zero attached hydrogens (tertiary/aromatic N) is 5. The fourth-order valence-corrected chi connectivity index (χ4v) is 7.22. The van der Waals surface area contributed by atoms with E-state index in [0.29, 0.717) is 55.4 Å². The second kappa shape index (κ2) is 11.5. The van der Waals surface area contributed by atoms with E-state index < -0.39 is 46.6 Å². The van der Waals surface area contributed by atoms with Gasteiger partial charge in [-0.15, -0.1) is 0 Å². The molecule has 4 aromatic heterocycles. The summed E-state index contributed by atoms with van der Waals surface area (Å²) in [6, 6.07) is 16.5. The monoisotopic (exact) mass is 716 g/mol. The van der Waals surface area contributed by atoms with E-state index in [9.17, 15) is 26.4 Å². The van der Waals surface area contributed by atoms with Crippen LogP contribution in [0.1, 0.15) is 16.2 Å². The van der Waals surface area contributed by atoms with E-state index in [-0.39, 0.29) is 29.1 Å². The number of pyridine rings is 1. The van der Waals surface area contributed by atoms with Crippen LogP contribution in [-0.4, -0.2) is 73.0 Å². The summed E-state index contributed by atoms with van der Waals surface area (Å²) in [5, 5.41) is 3.80. The van der Waals surface area contributed by atoms with Gasteiger partial charge < -0.3 is 9.73 Å². The molecule has 0 radical (unpaired) electrons. The van der Waals surface area contributed by atoms with Crippen molar-refractivity contribution in [1.29, 1.82) is 0 Å². The van der Waals surface area contributed by atoms with Crippen LogP contribution in [0.3, 0.4) is 0 Å². The van der Waals surface area contributed by atoms with Crippen molar-refractivity contribution in [2.24, 2.45) is 0 Å². The quantitative estimate of drug-likeness (QED) is 0.185. The first-order chi connectivity index (χ1) is 24.2. The molecule has 1 aliphatic heterocycles. The lowest BCUT2D eigenvalue weighted by atomic mass is 10.00. The van der Waals surface area contributed by atoms with Crippen LogP contribution in [0, 0.1) is 11.6 Å². The molecule has 1 fully saturated rings. The lowest BCUT2D eigenvalue weighted by molar-refractivity contribution is -0.134. The molecule has 7 aromatic rings. The summed E-state index contributed by atoms with van der Waals surface area (Å²) in [7, 11) is -1.00. The predicted octanol–water partition coefficient (Wildman–Crippen LogP) is 6.60. The number of hydrogen-bond donors (Lipinski definition) is 1. The molecule has 1 amide bonds. The van der Waals surface area contributed by atoms with Crippen molar-refractivity contribution >= 4 is 59.9 Å². The van der Waals surface area contributed by atoms with Crippen LogP contribution in [0.5, 0.6) is 0 Å². The number of halogens is 4. The molecule has 8 rings (SSSR count). The van der Waals surface area contributed by atoms with Crippen molar-refractivity contribution in [3.63, 3.8) is 0 Å². The third-order valence-electron chi connectivity index (χ3n) is 9.21. The van der Waals surface area contributed by atoms with E-state index in [1.807, 2.05) is 0 Å². The first kappa shape index (κ1) is 32.7. The van der Waals surface area contributed by atoms with Gasteiger partial charge in [-0.3, -0.25) is 23.4 Å². The van der Waals surface area contributed by atoms with Gasteiger partial charge in [0, 0.05) is 47.4 Å². The number of sulfonamides is 1. The molecule has 1 N–H and O–H groups in total. The maximum absolute atomic E-state index is 15.1. The topological polar surface area (TPSA) is 113 Å². The summed E-state index contributed by atoms with van der Waals surface area (Å²) in [6.45, 7) is -0.761. The minimum absolute atomic E-state index is 0.0865. The number of likely N-dealkylation sites (tertiary alicyclic amines) is 1. The highest BCUT2D eigenvalue weighted by molar-refractivity contribution is 7.92. The Morgan fingerprint density at radius 2 is 1.75 bits per heavy atom. The van der Waals surface area contributed by atoms with Gasteiger partial charge in [-0.25, -0.2) is 31.0 Å². The molecule has 15 heteroatoms. The summed E-state index contributed by atoms with van der Waals surface area (Å²) < 4.78 is 91.3. The van der Waals surface area contributed by atoms with Gasteiger partial charge in [0.1, 0.15) is 28.8 Å². The van der Waals surface area contributed by atoms with E-state index in [1.54, 1.807) is 39.6 Å². The Labute approximate surface area is 288 Å². The van der Waals surface area contributed by atoms with Crippen LogP contribution in [0.2, 0.25) is 0 Å². The van der Waals surface area contributed by atoms with Crippen LogP contribution >= 0.6 is 0 Å². The Bertz CT molecular complexity index is 2680. The number of aromatic nitrogens is 3. The molecular formula is C36H28F4N6O4S. The summed E-state index contributed by atoms with van der Waals surface area (Å²) in [5.74, 6) is -3.65. The lowest BCUT2D eigenvalue weighted by Crippen LogP contribution is -2.55. The second-order valence-electron chi connectivity index (χ2n) is 12.6. The van der Waals surface area contributed by atoms with Crippen LogP contribution in [0.25, 0.3) is 60.9 Å². The van der Waals surface area contributed by atoms with Crippen molar-refractivity contribution in [1.82, 2.24) is 24.6 Å².